The molecule has 0 saturated carbocycles. The average molecular weight is 347 g/mol. The zero-order chi connectivity index (χ0) is 15.1. The van der Waals surface area contributed by atoms with Crippen LogP contribution in [0.5, 0.6) is 17.2 Å². The van der Waals surface area contributed by atoms with Gasteiger partial charge < -0.3 is 19.9 Å². The van der Waals surface area contributed by atoms with Crippen molar-refractivity contribution in [3.63, 3.8) is 0 Å². The summed E-state index contributed by atoms with van der Waals surface area (Å²) in [4.78, 5) is 0. The second-order valence-electron chi connectivity index (χ2n) is 3.39. The molecule has 0 bridgehead atoms. The van der Waals surface area contributed by atoms with Crippen LogP contribution in [0.4, 0.5) is 0 Å². The second-order valence-corrected chi connectivity index (χ2v) is 4.18. The van der Waals surface area contributed by atoms with Crippen LogP contribution >= 0.6 is 15.9 Å². The maximum absolute atomic E-state index is 8.47. The fraction of sp³-hybridized carbons (Fsp3) is 0.273. The summed E-state index contributed by atoms with van der Waals surface area (Å²) in [5.41, 5.74) is 7.52. The van der Waals surface area contributed by atoms with Gasteiger partial charge >= 0.3 is 0 Å². The van der Waals surface area contributed by atoms with E-state index in [2.05, 4.69) is 26.1 Å². The Balaban J connectivity index is 3.27. The number of rotatable bonds is 5. The van der Waals surface area contributed by atoms with Crippen molar-refractivity contribution in [3.05, 3.63) is 16.1 Å². The molecular weight excluding hydrogens is 332 g/mol. The molecule has 0 aliphatic rings. The summed E-state index contributed by atoms with van der Waals surface area (Å²) in [6, 6.07) is 1.69. The zero-order valence-corrected chi connectivity index (χ0v) is 12.8. The van der Waals surface area contributed by atoms with Crippen LogP contribution in [0, 0.1) is 0 Å². The minimum atomic E-state index is -0.232. The van der Waals surface area contributed by atoms with E-state index in [-0.39, 0.29) is 5.96 Å². The van der Waals surface area contributed by atoms with Gasteiger partial charge in [0.25, 0.3) is 0 Å². The lowest BCUT2D eigenvalue weighted by Crippen LogP contribution is -2.27. The molecule has 0 aromatic heterocycles. The zero-order valence-electron chi connectivity index (χ0n) is 11.2. The van der Waals surface area contributed by atoms with Gasteiger partial charge in [-0.2, -0.15) is 5.10 Å². The number of nitrogens with two attached hydrogens (primary N) is 1. The summed E-state index contributed by atoms with van der Waals surface area (Å²) in [6.45, 7) is 0. The monoisotopic (exact) mass is 346 g/mol. The van der Waals surface area contributed by atoms with Crippen molar-refractivity contribution in [2.45, 2.75) is 0 Å². The van der Waals surface area contributed by atoms with Crippen LogP contribution in [-0.4, -0.2) is 38.7 Å². The SMILES string of the molecule is COc1cc(/C=N/N=C(/N)NO)c(Br)c(OC)c1OC. The molecule has 0 atom stereocenters. The van der Waals surface area contributed by atoms with Crippen molar-refractivity contribution in [3.8, 4) is 17.2 Å². The molecule has 1 rings (SSSR count). The molecular formula is C11H15BrN4O4. The van der Waals surface area contributed by atoms with E-state index in [9.17, 15) is 0 Å². The second kappa shape index (κ2) is 7.56. The molecule has 1 aromatic rings. The number of benzene rings is 1. The van der Waals surface area contributed by atoms with Gasteiger partial charge in [0.2, 0.25) is 11.7 Å². The molecule has 110 valence electrons. The number of nitrogens with zero attached hydrogens (tertiary/aromatic N) is 2. The molecule has 20 heavy (non-hydrogen) atoms. The van der Waals surface area contributed by atoms with E-state index >= 15 is 0 Å². The van der Waals surface area contributed by atoms with Crippen LogP contribution in [0.2, 0.25) is 0 Å². The summed E-state index contributed by atoms with van der Waals surface area (Å²) in [6.07, 6.45) is 1.42. The van der Waals surface area contributed by atoms with Crippen LogP contribution in [-0.2, 0) is 0 Å². The number of hydrogen-bond acceptors (Lipinski definition) is 6. The van der Waals surface area contributed by atoms with Crippen LogP contribution in [0.25, 0.3) is 0 Å². The largest absolute Gasteiger partial charge is 0.493 e. The molecule has 4 N–H and O–H groups in total. The first-order chi connectivity index (χ1) is 9.58. The fourth-order valence-corrected chi connectivity index (χ4v) is 1.97. The summed E-state index contributed by atoms with van der Waals surface area (Å²) in [5.74, 6) is 1.17. The molecule has 0 fully saturated rings. The molecule has 0 spiro atoms. The molecule has 0 amide bonds. The first-order valence-electron chi connectivity index (χ1n) is 5.34. The van der Waals surface area contributed by atoms with Gasteiger partial charge in [0.05, 0.1) is 32.0 Å². The molecule has 0 aliphatic heterocycles. The number of hydrogen-bond donors (Lipinski definition) is 3. The summed E-state index contributed by atoms with van der Waals surface area (Å²) in [7, 11) is 4.53. The number of halogens is 1. The van der Waals surface area contributed by atoms with Gasteiger partial charge in [0.1, 0.15) is 0 Å². The van der Waals surface area contributed by atoms with E-state index in [1.54, 1.807) is 11.5 Å². The van der Waals surface area contributed by atoms with Crippen molar-refractivity contribution in [2.75, 3.05) is 21.3 Å². The fourth-order valence-electron chi connectivity index (χ4n) is 1.41. The van der Waals surface area contributed by atoms with Crippen LogP contribution < -0.4 is 25.4 Å². The van der Waals surface area contributed by atoms with Crippen molar-refractivity contribution in [1.82, 2.24) is 5.48 Å². The Kier molecular flexibility index (Phi) is 6.07. The molecule has 0 radical (unpaired) electrons. The number of methoxy groups -OCH3 is 3. The highest BCUT2D eigenvalue weighted by molar-refractivity contribution is 9.10. The molecule has 0 heterocycles. The molecule has 0 unspecified atom stereocenters. The van der Waals surface area contributed by atoms with Gasteiger partial charge in [-0.3, -0.25) is 5.21 Å². The van der Waals surface area contributed by atoms with E-state index in [0.29, 0.717) is 27.3 Å². The quantitative estimate of drug-likeness (QED) is 0.418. The van der Waals surface area contributed by atoms with E-state index in [0.717, 1.165) is 0 Å². The summed E-state index contributed by atoms with van der Waals surface area (Å²) in [5, 5.41) is 15.7. The average Bonchev–Trinajstić information content (AvgIpc) is 2.47. The Hall–Kier alpha value is -2.00. The Morgan fingerprint density at radius 2 is 1.95 bits per heavy atom. The Bertz CT molecular complexity index is 534. The highest BCUT2D eigenvalue weighted by Gasteiger charge is 2.18. The summed E-state index contributed by atoms with van der Waals surface area (Å²) >= 11 is 3.38. The minimum Gasteiger partial charge on any atom is -0.493 e. The highest BCUT2D eigenvalue weighted by Crippen LogP contribution is 2.44. The number of hydroxylamine groups is 1. The van der Waals surface area contributed by atoms with Crippen molar-refractivity contribution in [2.24, 2.45) is 15.9 Å². The first kappa shape index (κ1) is 16.1. The topological polar surface area (TPSA) is 111 Å². The van der Waals surface area contributed by atoms with E-state index in [1.165, 1.54) is 27.5 Å². The lowest BCUT2D eigenvalue weighted by Gasteiger charge is -2.14. The van der Waals surface area contributed by atoms with Gasteiger partial charge in [-0.05, 0) is 22.0 Å². The third-order valence-electron chi connectivity index (χ3n) is 2.27. The maximum Gasteiger partial charge on any atom is 0.237 e. The van der Waals surface area contributed by atoms with E-state index < -0.39 is 0 Å². The normalized spacial score (nSPS) is 11.6. The predicted octanol–water partition coefficient (Wildman–Crippen LogP) is 1.10. The summed E-state index contributed by atoms with van der Waals surface area (Å²) < 4.78 is 16.4. The van der Waals surface area contributed by atoms with Gasteiger partial charge in [-0.1, -0.05) is 0 Å². The third kappa shape index (κ3) is 3.52. The Morgan fingerprint density at radius 1 is 1.30 bits per heavy atom. The van der Waals surface area contributed by atoms with Gasteiger partial charge in [0.15, 0.2) is 11.5 Å². The first-order valence-corrected chi connectivity index (χ1v) is 6.13. The van der Waals surface area contributed by atoms with Crippen LogP contribution in [0.15, 0.2) is 20.7 Å². The van der Waals surface area contributed by atoms with Gasteiger partial charge in [-0.25, -0.2) is 5.48 Å². The number of ether oxygens (including phenoxy) is 3. The standard InChI is InChI=1S/C11H15BrN4O4/c1-18-7-4-6(5-14-15-11(13)16-17)8(12)10(20-3)9(7)19-2/h4-5,17H,1-3H3,(H3,13,15,16)/b14-5+. The molecule has 0 aliphatic carbocycles. The maximum atomic E-state index is 8.47. The molecule has 0 saturated heterocycles. The van der Waals surface area contributed by atoms with Crippen molar-refractivity contribution < 1.29 is 19.4 Å². The third-order valence-corrected chi connectivity index (χ3v) is 3.09. The van der Waals surface area contributed by atoms with Crippen LogP contribution in [0.3, 0.4) is 0 Å². The molecule has 8 nitrogen and oxygen atoms in total. The number of nitrogens with one attached hydrogen (secondary N) is 1. The van der Waals surface area contributed by atoms with E-state index in [1.807, 2.05) is 0 Å². The lowest BCUT2D eigenvalue weighted by molar-refractivity contribution is 0.232. The molecule has 9 heteroatoms. The molecule has 1 aromatic carbocycles. The predicted molar refractivity (Wildman–Crippen MR) is 77.9 cm³/mol. The smallest absolute Gasteiger partial charge is 0.237 e. The lowest BCUT2D eigenvalue weighted by atomic mass is 10.2. The highest BCUT2D eigenvalue weighted by atomic mass is 79.9. The Morgan fingerprint density at radius 3 is 2.45 bits per heavy atom. The minimum absolute atomic E-state index is 0.232. The van der Waals surface area contributed by atoms with Gasteiger partial charge in [-0.15, -0.1) is 5.10 Å². The van der Waals surface area contributed by atoms with Crippen molar-refractivity contribution >= 4 is 28.1 Å². The Labute approximate surface area is 124 Å². The number of guanidine groups is 1. The van der Waals surface area contributed by atoms with Gasteiger partial charge in [0, 0.05) is 5.56 Å². The van der Waals surface area contributed by atoms with Crippen molar-refractivity contribution in [1.29, 1.82) is 0 Å². The van der Waals surface area contributed by atoms with E-state index in [4.69, 9.17) is 25.2 Å². The van der Waals surface area contributed by atoms with Crippen LogP contribution in [0.1, 0.15) is 5.56 Å².